The van der Waals surface area contributed by atoms with Crippen molar-refractivity contribution in [1.82, 2.24) is 9.97 Å². The molecule has 0 unspecified atom stereocenters. The van der Waals surface area contributed by atoms with Crippen molar-refractivity contribution in [3.05, 3.63) is 39.6 Å². The first kappa shape index (κ1) is 18.4. The van der Waals surface area contributed by atoms with Crippen LogP contribution in [0.2, 0.25) is 0 Å². The van der Waals surface area contributed by atoms with Crippen LogP contribution in [0.4, 0.5) is 35.1 Å². The fourth-order valence-electron chi connectivity index (χ4n) is 1.75. The van der Waals surface area contributed by atoms with E-state index in [4.69, 9.17) is 0 Å². The number of aromatic nitrogens is 2. The second-order valence-corrected chi connectivity index (χ2v) is 5.14. The zero-order chi connectivity index (χ0) is 18.4. The third kappa shape index (κ3) is 3.42. The molecule has 0 atom stereocenters. The highest BCUT2D eigenvalue weighted by Gasteiger charge is 2.40. The number of Topliss-reactive ketones (excluding diaryl/α,β-unsaturated/α-hetero) is 1. The van der Waals surface area contributed by atoms with E-state index in [-0.39, 0.29) is 12.1 Å². The standard InChI is InChI=1S/C12H3BrF8N2O/c13-9-7(11(16,17)18)22-10(23-9)6-4(14)1-3(2-5(6)15)8(24)12(19,20)21/h1-2H,(H,22,23). The van der Waals surface area contributed by atoms with Crippen LogP contribution in [0, 0.1) is 11.6 Å². The van der Waals surface area contributed by atoms with E-state index in [1.807, 2.05) is 0 Å². The van der Waals surface area contributed by atoms with Gasteiger partial charge in [-0.15, -0.1) is 0 Å². The van der Waals surface area contributed by atoms with Crippen molar-refractivity contribution in [2.45, 2.75) is 12.4 Å². The van der Waals surface area contributed by atoms with Crippen LogP contribution in [0.15, 0.2) is 16.7 Å². The molecule has 1 N–H and O–H groups in total. The number of benzene rings is 1. The topological polar surface area (TPSA) is 45.8 Å². The van der Waals surface area contributed by atoms with E-state index in [1.54, 1.807) is 4.98 Å². The summed E-state index contributed by atoms with van der Waals surface area (Å²) in [6.45, 7) is 0. The van der Waals surface area contributed by atoms with Crippen LogP contribution in [0.5, 0.6) is 0 Å². The van der Waals surface area contributed by atoms with Gasteiger partial charge in [-0.2, -0.15) is 26.3 Å². The number of halogens is 9. The Morgan fingerprint density at radius 2 is 1.54 bits per heavy atom. The Bertz CT molecular complexity index is 785. The largest absolute Gasteiger partial charge is 0.454 e. The zero-order valence-electron chi connectivity index (χ0n) is 10.9. The molecule has 0 spiro atoms. The summed E-state index contributed by atoms with van der Waals surface area (Å²) in [5.74, 6) is -6.77. The number of hydrogen-bond donors (Lipinski definition) is 1. The maximum Gasteiger partial charge on any atom is 0.454 e. The Hall–Kier alpha value is -1.98. The number of carbonyl (C=O) groups excluding carboxylic acids is 1. The lowest BCUT2D eigenvalue weighted by Crippen LogP contribution is -2.23. The van der Waals surface area contributed by atoms with Crippen molar-refractivity contribution >= 4 is 21.7 Å². The van der Waals surface area contributed by atoms with Gasteiger partial charge in [0.15, 0.2) is 5.69 Å². The van der Waals surface area contributed by atoms with Crippen molar-refractivity contribution < 1.29 is 39.9 Å². The maximum atomic E-state index is 13.9. The van der Waals surface area contributed by atoms with E-state index in [1.165, 1.54) is 0 Å². The number of nitrogens with one attached hydrogen (secondary N) is 1. The second kappa shape index (κ2) is 5.83. The number of hydrogen-bond acceptors (Lipinski definition) is 2. The maximum absolute atomic E-state index is 13.9. The molecule has 0 radical (unpaired) electrons. The number of aromatic amines is 1. The van der Waals surface area contributed by atoms with Crippen LogP contribution in [0.3, 0.4) is 0 Å². The molecule has 3 nitrogen and oxygen atoms in total. The summed E-state index contributed by atoms with van der Waals surface area (Å²) in [6.07, 6.45) is -10.3. The van der Waals surface area contributed by atoms with Crippen molar-refractivity contribution in [3.8, 4) is 11.4 Å². The molecule has 2 aromatic rings. The number of carbonyl (C=O) groups is 1. The number of alkyl halides is 6. The number of imidazole rings is 1. The molecule has 0 saturated heterocycles. The predicted octanol–water partition coefficient (Wildman–Crippen LogP) is 4.88. The van der Waals surface area contributed by atoms with Crippen LogP contribution in [-0.4, -0.2) is 21.9 Å². The molecule has 0 aliphatic heterocycles. The summed E-state index contributed by atoms with van der Waals surface area (Å²) >= 11 is 2.45. The average Bonchev–Trinajstić information content (AvgIpc) is 2.77. The van der Waals surface area contributed by atoms with E-state index in [2.05, 4.69) is 20.9 Å². The van der Waals surface area contributed by atoms with Gasteiger partial charge in [-0.25, -0.2) is 13.8 Å². The van der Waals surface area contributed by atoms with Gasteiger partial charge in [0.1, 0.15) is 22.1 Å². The Labute approximate surface area is 135 Å². The third-order valence-corrected chi connectivity index (χ3v) is 3.32. The normalized spacial score (nSPS) is 12.5. The summed E-state index contributed by atoms with van der Waals surface area (Å²) < 4.78 is 102. The molecular weight excluding hydrogens is 420 g/mol. The van der Waals surface area contributed by atoms with Crippen LogP contribution in [0.25, 0.3) is 11.4 Å². The molecular formula is C12H3BrF8N2O. The highest BCUT2D eigenvalue weighted by Crippen LogP contribution is 2.36. The van der Waals surface area contributed by atoms with E-state index in [0.29, 0.717) is 0 Å². The van der Waals surface area contributed by atoms with Crippen LogP contribution >= 0.6 is 15.9 Å². The molecule has 2 rings (SSSR count). The minimum atomic E-state index is -5.36. The molecule has 1 aromatic carbocycles. The summed E-state index contributed by atoms with van der Waals surface area (Å²) in [5.41, 5.74) is -3.90. The predicted molar refractivity (Wildman–Crippen MR) is 67.0 cm³/mol. The second-order valence-electron chi connectivity index (χ2n) is 4.39. The average molecular weight is 423 g/mol. The summed E-state index contributed by atoms with van der Waals surface area (Å²) in [5, 5.41) is 0. The van der Waals surface area contributed by atoms with Crippen molar-refractivity contribution in [2.24, 2.45) is 0 Å². The van der Waals surface area contributed by atoms with Gasteiger partial charge >= 0.3 is 12.4 Å². The molecule has 0 aliphatic carbocycles. The number of nitrogens with zero attached hydrogens (tertiary/aromatic N) is 1. The fraction of sp³-hybridized carbons (Fsp3) is 0.167. The Morgan fingerprint density at radius 1 is 1.04 bits per heavy atom. The number of ketones is 1. The van der Waals surface area contributed by atoms with Gasteiger partial charge in [-0.3, -0.25) is 4.79 Å². The summed E-state index contributed by atoms with van der Waals surface area (Å²) in [6, 6.07) is 0.135. The third-order valence-electron chi connectivity index (χ3n) is 2.74. The van der Waals surface area contributed by atoms with Gasteiger partial charge in [0.2, 0.25) is 0 Å². The smallest absolute Gasteiger partial charge is 0.333 e. The molecule has 0 saturated carbocycles. The highest BCUT2D eigenvalue weighted by molar-refractivity contribution is 9.10. The van der Waals surface area contributed by atoms with E-state index >= 15 is 0 Å². The molecule has 0 bridgehead atoms. The number of rotatable bonds is 2. The lowest BCUT2D eigenvalue weighted by molar-refractivity contribution is -0.141. The minimum absolute atomic E-state index is 0.0674. The quantitative estimate of drug-likeness (QED) is 0.553. The van der Waals surface area contributed by atoms with Crippen molar-refractivity contribution in [1.29, 1.82) is 0 Å². The van der Waals surface area contributed by atoms with Crippen LogP contribution < -0.4 is 0 Å². The molecule has 0 fully saturated rings. The van der Waals surface area contributed by atoms with E-state index < -0.39 is 57.0 Å². The number of H-pyrrole nitrogens is 1. The lowest BCUT2D eigenvalue weighted by atomic mass is 10.1. The molecule has 1 aromatic heterocycles. The first-order valence-electron chi connectivity index (χ1n) is 5.76. The lowest BCUT2D eigenvalue weighted by Gasteiger charge is -2.08. The van der Waals surface area contributed by atoms with E-state index in [9.17, 15) is 39.9 Å². The van der Waals surface area contributed by atoms with Crippen molar-refractivity contribution in [2.75, 3.05) is 0 Å². The van der Waals surface area contributed by atoms with Gasteiger partial charge in [0, 0.05) is 5.56 Å². The Morgan fingerprint density at radius 3 is 1.92 bits per heavy atom. The molecule has 1 heterocycles. The molecule has 0 aliphatic rings. The fourth-order valence-corrected chi connectivity index (χ4v) is 2.25. The summed E-state index contributed by atoms with van der Waals surface area (Å²) in [7, 11) is 0. The first-order valence-corrected chi connectivity index (χ1v) is 6.55. The molecule has 24 heavy (non-hydrogen) atoms. The van der Waals surface area contributed by atoms with Gasteiger partial charge in [-0.05, 0) is 28.1 Å². The highest BCUT2D eigenvalue weighted by atomic mass is 79.9. The van der Waals surface area contributed by atoms with Gasteiger partial charge in [-0.1, -0.05) is 0 Å². The Balaban J connectivity index is 2.56. The van der Waals surface area contributed by atoms with Crippen LogP contribution in [0.1, 0.15) is 16.1 Å². The van der Waals surface area contributed by atoms with Crippen LogP contribution in [-0.2, 0) is 6.18 Å². The van der Waals surface area contributed by atoms with Crippen molar-refractivity contribution in [3.63, 3.8) is 0 Å². The molecule has 12 heteroatoms. The van der Waals surface area contributed by atoms with Gasteiger partial charge in [0.05, 0.1) is 5.56 Å². The Kier molecular flexibility index (Phi) is 4.46. The van der Waals surface area contributed by atoms with Gasteiger partial charge < -0.3 is 4.98 Å². The summed E-state index contributed by atoms with van der Waals surface area (Å²) in [4.78, 5) is 15.8. The monoisotopic (exact) mass is 422 g/mol. The SMILES string of the molecule is O=C(c1cc(F)c(-c2nc(Br)c(C(F)(F)F)[nH]2)c(F)c1)C(F)(F)F. The molecule has 130 valence electrons. The first-order chi connectivity index (χ1) is 10.8. The van der Waals surface area contributed by atoms with E-state index in [0.717, 1.165) is 0 Å². The van der Waals surface area contributed by atoms with Gasteiger partial charge in [0.25, 0.3) is 5.78 Å². The molecule has 0 amide bonds. The zero-order valence-corrected chi connectivity index (χ0v) is 12.5. The minimum Gasteiger partial charge on any atom is -0.333 e.